The molecule has 0 aliphatic carbocycles. The zero-order chi connectivity index (χ0) is 3.58. The van der Waals surface area contributed by atoms with Crippen molar-refractivity contribution in [1.29, 1.82) is 0 Å². The number of hydrogen-bond donors (Lipinski definition) is 1. The Morgan fingerprint density at radius 1 is 1.33 bits per heavy atom. The summed E-state index contributed by atoms with van der Waals surface area (Å²) in [5.74, 6) is 0. The topological polar surface area (TPSA) is 20.2 Å². The molecule has 6 heavy (non-hydrogen) atoms. The van der Waals surface area contributed by atoms with Gasteiger partial charge in [0.2, 0.25) is 0 Å². The van der Waals surface area contributed by atoms with Crippen molar-refractivity contribution in [2.75, 3.05) is 0 Å². The first-order chi connectivity index (χ1) is 1.73. The fourth-order valence-corrected chi connectivity index (χ4v) is 0. The first-order valence-electron chi connectivity index (χ1n) is 1.41. The molecule has 0 radical (unpaired) electrons. The van der Waals surface area contributed by atoms with E-state index < -0.39 is 0 Å². The Morgan fingerprint density at radius 2 is 1.33 bits per heavy atom. The summed E-state index contributed by atoms with van der Waals surface area (Å²) in [4.78, 5) is 0. The summed E-state index contributed by atoms with van der Waals surface area (Å²) in [6.07, 6.45) is -0.167. The Kier molecular flexibility index (Phi) is 24.8. The highest BCUT2D eigenvalue weighted by molar-refractivity contribution is 14.0. The van der Waals surface area contributed by atoms with E-state index in [1.165, 1.54) is 0 Å². The van der Waals surface area contributed by atoms with Crippen molar-refractivity contribution in [3.8, 4) is 0 Å². The average Bonchev–Trinajstić information content (AvgIpc) is 0.811. The van der Waals surface area contributed by atoms with Crippen molar-refractivity contribution in [2.24, 2.45) is 0 Å². The summed E-state index contributed by atoms with van der Waals surface area (Å²) in [7, 11) is 0. The third-order valence-corrected chi connectivity index (χ3v) is 0. The lowest BCUT2D eigenvalue weighted by Crippen LogP contribution is -1.85. The van der Waals surface area contributed by atoms with Crippen LogP contribution >= 0.6 is 41.0 Å². The second-order valence-corrected chi connectivity index (χ2v) is 1.09. The molecule has 0 atom stereocenters. The molecule has 0 amide bonds. The molecule has 0 aliphatic rings. The van der Waals surface area contributed by atoms with Crippen LogP contribution in [0.3, 0.4) is 0 Å². The van der Waals surface area contributed by atoms with Crippen molar-refractivity contribution in [1.82, 2.24) is 0 Å². The molecular weight excluding hydrogens is 259 g/mol. The Bertz CT molecular complexity index is 15.5. The van der Waals surface area contributed by atoms with Crippen molar-refractivity contribution >= 4 is 41.0 Å². The maximum atomic E-state index is 8.06. The third-order valence-electron chi connectivity index (χ3n) is 0. The molecule has 0 saturated heterocycles. The van der Waals surface area contributed by atoms with Crippen LogP contribution in [-0.4, -0.2) is 11.2 Å². The summed E-state index contributed by atoms with van der Waals surface area (Å²) in [5.41, 5.74) is 0. The van der Waals surface area contributed by atoms with Gasteiger partial charge in [0.05, 0.1) is 0 Å². The normalized spacial score (nSPS) is 6.00. The molecule has 0 rings (SSSR count). The summed E-state index contributed by atoms with van der Waals surface area (Å²) in [5, 5.41) is 8.06. The minimum Gasteiger partial charge on any atom is -0.394 e. The number of aliphatic hydroxyl groups excluding tert-OH is 1. The van der Waals surface area contributed by atoms with E-state index in [0.717, 1.165) is 0 Å². The molecule has 0 bridgehead atoms. The molecule has 0 aliphatic heterocycles. The lowest BCUT2D eigenvalue weighted by atomic mass is 10.5. The highest BCUT2D eigenvalue weighted by Gasteiger charge is 1.69. The first kappa shape index (κ1) is 15.7. The van der Waals surface area contributed by atoms with Crippen LogP contribution in [-0.2, 0) is 0 Å². The van der Waals surface area contributed by atoms with Gasteiger partial charge in [-0.05, 0) is 13.8 Å². The van der Waals surface area contributed by atoms with Gasteiger partial charge in [-0.15, -0.1) is 41.0 Å². The second kappa shape index (κ2) is 9.48. The quantitative estimate of drug-likeness (QED) is 0.662. The van der Waals surface area contributed by atoms with E-state index in [-0.39, 0.29) is 47.1 Å². The van der Waals surface area contributed by atoms with Crippen LogP contribution in [0, 0.1) is 0 Å². The van der Waals surface area contributed by atoms with E-state index in [0.29, 0.717) is 0 Å². The van der Waals surface area contributed by atoms with Gasteiger partial charge in [-0.25, -0.2) is 0 Å². The fraction of sp³-hybridized carbons (Fsp3) is 1.00. The van der Waals surface area contributed by atoms with Crippen LogP contribution in [0.2, 0.25) is 0 Å². The SMILES string of the molecule is Br.CC(C)O.I. The standard InChI is InChI=1S/C3H8O.BrH.HI/c1-3(2)4;;/h3-4H,1-2H3;2*1H. The first-order valence-corrected chi connectivity index (χ1v) is 1.41. The fourth-order valence-electron chi connectivity index (χ4n) is 0. The molecule has 0 fully saturated rings. The van der Waals surface area contributed by atoms with Gasteiger partial charge in [-0.3, -0.25) is 0 Å². The monoisotopic (exact) mass is 268 g/mol. The zero-order valence-electron chi connectivity index (χ0n) is 3.84. The maximum absolute atomic E-state index is 8.06. The van der Waals surface area contributed by atoms with E-state index in [9.17, 15) is 0 Å². The minimum atomic E-state index is -0.167. The average molecular weight is 269 g/mol. The van der Waals surface area contributed by atoms with Gasteiger partial charge in [-0.2, -0.15) is 0 Å². The van der Waals surface area contributed by atoms with Gasteiger partial charge in [-0.1, -0.05) is 0 Å². The van der Waals surface area contributed by atoms with Crippen LogP contribution in [0.1, 0.15) is 13.8 Å². The molecule has 0 aromatic rings. The molecular formula is C3H10BrIO. The Balaban J connectivity index is -0.0000000450. The molecule has 1 nitrogen and oxygen atoms in total. The molecule has 0 aromatic carbocycles. The predicted octanol–water partition coefficient (Wildman–Crippen LogP) is 1.58. The smallest absolute Gasteiger partial charge is 0.0483 e. The summed E-state index contributed by atoms with van der Waals surface area (Å²) in [6.45, 7) is 3.44. The van der Waals surface area contributed by atoms with Crippen LogP contribution in [0.25, 0.3) is 0 Å². The van der Waals surface area contributed by atoms with Gasteiger partial charge in [0.1, 0.15) is 0 Å². The lowest BCUT2D eigenvalue weighted by molar-refractivity contribution is 0.216. The second-order valence-electron chi connectivity index (χ2n) is 1.09. The van der Waals surface area contributed by atoms with E-state index in [1.807, 2.05) is 0 Å². The predicted molar refractivity (Wildman–Crippen MR) is 43.1 cm³/mol. The van der Waals surface area contributed by atoms with Crippen LogP contribution in [0.5, 0.6) is 0 Å². The molecule has 1 N–H and O–H groups in total. The molecule has 0 heterocycles. The van der Waals surface area contributed by atoms with Gasteiger partial charge in [0.15, 0.2) is 0 Å². The zero-order valence-corrected chi connectivity index (χ0v) is 7.88. The lowest BCUT2D eigenvalue weighted by Gasteiger charge is -1.80. The minimum absolute atomic E-state index is 0. The molecule has 0 spiro atoms. The van der Waals surface area contributed by atoms with Crippen molar-refractivity contribution in [2.45, 2.75) is 20.0 Å². The Hall–Kier alpha value is 1.17. The molecule has 42 valence electrons. The van der Waals surface area contributed by atoms with E-state index >= 15 is 0 Å². The number of halogens is 2. The van der Waals surface area contributed by atoms with Gasteiger partial charge < -0.3 is 5.11 Å². The van der Waals surface area contributed by atoms with Crippen molar-refractivity contribution in [3.05, 3.63) is 0 Å². The maximum Gasteiger partial charge on any atom is 0.0483 e. The molecule has 3 heteroatoms. The highest BCUT2D eigenvalue weighted by atomic mass is 127. The Labute approximate surface area is 65.9 Å². The van der Waals surface area contributed by atoms with E-state index in [1.54, 1.807) is 13.8 Å². The molecule has 0 aromatic heterocycles. The van der Waals surface area contributed by atoms with Crippen LogP contribution in [0.15, 0.2) is 0 Å². The summed E-state index contributed by atoms with van der Waals surface area (Å²) in [6, 6.07) is 0. The van der Waals surface area contributed by atoms with Crippen molar-refractivity contribution in [3.63, 3.8) is 0 Å². The van der Waals surface area contributed by atoms with Crippen molar-refractivity contribution < 1.29 is 5.11 Å². The highest BCUT2D eigenvalue weighted by Crippen LogP contribution is 1.65. The number of aliphatic hydroxyl groups is 1. The molecule has 0 unspecified atom stereocenters. The summed E-state index contributed by atoms with van der Waals surface area (Å²) < 4.78 is 0. The van der Waals surface area contributed by atoms with Crippen LogP contribution in [0.4, 0.5) is 0 Å². The van der Waals surface area contributed by atoms with Gasteiger partial charge >= 0.3 is 0 Å². The summed E-state index contributed by atoms with van der Waals surface area (Å²) >= 11 is 0. The van der Waals surface area contributed by atoms with Crippen LogP contribution < -0.4 is 0 Å². The number of hydrogen-bond acceptors (Lipinski definition) is 1. The molecule has 0 saturated carbocycles. The van der Waals surface area contributed by atoms with E-state index in [4.69, 9.17) is 5.11 Å². The number of rotatable bonds is 0. The van der Waals surface area contributed by atoms with Gasteiger partial charge in [0.25, 0.3) is 0 Å². The third kappa shape index (κ3) is 65.7. The van der Waals surface area contributed by atoms with E-state index in [2.05, 4.69) is 0 Å². The van der Waals surface area contributed by atoms with Gasteiger partial charge in [0, 0.05) is 6.10 Å². The largest absolute Gasteiger partial charge is 0.394 e. The Morgan fingerprint density at radius 3 is 1.33 bits per heavy atom.